The fourth-order valence-electron chi connectivity index (χ4n) is 3.00. The van der Waals surface area contributed by atoms with Gasteiger partial charge < -0.3 is 9.64 Å². The maximum absolute atomic E-state index is 12.2. The van der Waals surface area contributed by atoms with Gasteiger partial charge in [-0.25, -0.2) is 13.2 Å². The van der Waals surface area contributed by atoms with Gasteiger partial charge in [0.15, 0.2) is 16.4 Å². The number of esters is 1. The summed E-state index contributed by atoms with van der Waals surface area (Å²) in [6.07, 6.45) is 5.20. The molecule has 1 aromatic carbocycles. The lowest BCUT2D eigenvalue weighted by Crippen LogP contribution is -2.41. The number of rotatable bonds is 5. The monoisotopic (exact) mass is 367 g/mol. The Hall–Kier alpha value is -1.89. The van der Waals surface area contributed by atoms with E-state index in [9.17, 15) is 18.0 Å². The van der Waals surface area contributed by atoms with E-state index >= 15 is 0 Å². The number of carbonyl (C=O) groups excluding carboxylic acids is 2. The molecule has 0 heterocycles. The molecule has 1 aliphatic carbocycles. The average Bonchev–Trinajstić information content (AvgIpc) is 2.58. The summed E-state index contributed by atoms with van der Waals surface area (Å²) in [5.41, 5.74) is 0.116. The summed E-state index contributed by atoms with van der Waals surface area (Å²) in [4.78, 5) is 26.0. The zero-order valence-corrected chi connectivity index (χ0v) is 15.7. The second-order valence-electron chi connectivity index (χ2n) is 6.79. The zero-order chi connectivity index (χ0) is 18.6. The second-order valence-corrected chi connectivity index (χ2v) is 8.81. The first-order chi connectivity index (χ1) is 11.7. The fourth-order valence-corrected chi connectivity index (χ4v) is 3.67. The van der Waals surface area contributed by atoms with E-state index < -0.39 is 15.8 Å². The van der Waals surface area contributed by atoms with E-state index in [1.54, 1.807) is 11.9 Å². The Labute approximate surface area is 149 Å². The highest BCUT2D eigenvalue weighted by Crippen LogP contribution is 2.26. The standard InChI is InChI=1S/C18H25NO5S/c1-13-7-9-15(10-8-13)19(2)17(20)12-24-18(21)14-5-4-6-16(11-14)25(3,22)23/h4-6,11,13,15H,7-10,12H2,1-3H3. The normalized spacial score (nSPS) is 20.8. The first kappa shape index (κ1) is 19.4. The lowest BCUT2D eigenvalue weighted by Gasteiger charge is -2.33. The fraction of sp³-hybridized carbons (Fsp3) is 0.556. The van der Waals surface area contributed by atoms with E-state index in [-0.39, 0.29) is 29.0 Å². The second kappa shape index (κ2) is 7.99. The summed E-state index contributed by atoms with van der Waals surface area (Å²) >= 11 is 0. The minimum Gasteiger partial charge on any atom is -0.452 e. The highest BCUT2D eigenvalue weighted by molar-refractivity contribution is 7.90. The largest absolute Gasteiger partial charge is 0.452 e. The van der Waals surface area contributed by atoms with E-state index in [0.29, 0.717) is 5.92 Å². The summed E-state index contributed by atoms with van der Waals surface area (Å²) in [5.74, 6) is -0.253. The number of carbonyl (C=O) groups is 2. The van der Waals surface area contributed by atoms with E-state index in [1.165, 1.54) is 24.3 Å². The molecule has 0 N–H and O–H groups in total. The van der Waals surface area contributed by atoms with Crippen LogP contribution in [0.1, 0.15) is 43.0 Å². The van der Waals surface area contributed by atoms with Gasteiger partial charge in [-0.15, -0.1) is 0 Å². The molecule has 0 aliphatic heterocycles. The third-order valence-corrected chi connectivity index (χ3v) is 5.86. The predicted molar refractivity (Wildman–Crippen MR) is 94.0 cm³/mol. The minimum atomic E-state index is -3.41. The number of amides is 1. The van der Waals surface area contributed by atoms with Gasteiger partial charge in [-0.3, -0.25) is 4.79 Å². The molecule has 2 rings (SSSR count). The van der Waals surface area contributed by atoms with Gasteiger partial charge in [0.2, 0.25) is 0 Å². The van der Waals surface area contributed by atoms with Crippen molar-refractivity contribution >= 4 is 21.7 Å². The van der Waals surface area contributed by atoms with E-state index in [4.69, 9.17) is 4.74 Å². The molecule has 0 saturated heterocycles. The number of benzene rings is 1. The summed E-state index contributed by atoms with van der Waals surface area (Å²) in [7, 11) is -1.67. The summed E-state index contributed by atoms with van der Waals surface area (Å²) in [6.45, 7) is 1.87. The molecule has 138 valence electrons. The van der Waals surface area contributed by atoms with E-state index in [0.717, 1.165) is 31.9 Å². The molecular weight excluding hydrogens is 342 g/mol. The molecule has 1 aromatic rings. The summed E-state index contributed by atoms with van der Waals surface area (Å²) < 4.78 is 28.2. The molecule has 0 bridgehead atoms. The van der Waals surface area contributed by atoms with Crippen molar-refractivity contribution in [3.05, 3.63) is 29.8 Å². The molecule has 0 unspecified atom stereocenters. The Morgan fingerprint density at radius 1 is 1.20 bits per heavy atom. The SMILES string of the molecule is CC1CCC(N(C)C(=O)COC(=O)c2cccc(S(C)(=O)=O)c2)CC1. The first-order valence-electron chi connectivity index (χ1n) is 8.41. The van der Waals surface area contributed by atoms with Crippen LogP contribution in [0.2, 0.25) is 0 Å². The van der Waals surface area contributed by atoms with Crippen molar-refractivity contribution < 1.29 is 22.7 Å². The van der Waals surface area contributed by atoms with Crippen LogP contribution >= 0.6 is 0 Å². The minimum absolute atomic E-state index is 0.0433. The molecule has 1 saturated carbocycles. The number of hydrogen-bond acceptors (Lipinski definition) is 5. The number of hydrogen-bond donors (Lipinski definition) is 0. The molecule has 0 aromatic heterocycles. The Morgan fingerprint density at radius 3 is 2.44 bits per heavy atom. The predicted octanol–water partition coefficient (Wildman–Crippen LogP) is 2.28. The quantitative estimate of drug-likeness (QED) is 0.746. The van der Waals surface area contributed by atoms with Crippen molar-refractivity contribution in [3.8, 4) is 0 Å². The van der Waals surface area contributed by atoms with Crippen LogP contribution in [0.3, 0.4) is 0 Å². The van der Waals surface area contributed by atoms with Gasteiger partial charge in [0.05, 0.1) is 10.5 Å². The highest BCUT2D eigenvalue weighted by atomic mass is 32.2. The lowest BCUT2D eigenvalue weighted by atomic mass is 9.87. The van der Waals surface area contributed by atoms with Crippen LogP contribution in [-0.2, 0) is 19.4 Å². The highest BCUT2D eigenvalue weighted by Gasteiger charge is 2.25. The molecule has 7 heteroatoms. The van der Waals surface area contributed by atoms with Crippen molar-refractivity contribution in [2.24, 2.45) is 5.92 Å². The topological polar surface area (TPSA) is 80.8 Å². The number of sulfone groups is 1. The van der Waals surface area contributed by atoms with Crippen molar-refractivity contribution in [1.82, 2.24) is 4.90 Å². The van der Waals surface area contributed by atoms with Crippen LogP contribution in [0.25, 0.3) is 0 Å². The van der Waals surface area contributed by atoms with Gasteiger partial charge in [-0.05, 0) is 49.8 Å². The third kappa shape index (κ3) is 5.29. The van der Waals surface area contributed by atoms with Crippen molar-refractivity contribution in [2.75, 3.05) is 19.9 Å². The van der Waals surface area contributed by atoms with Gasteiger partial charge in [-0.2, -0.15) is 0 Å². The van der Waals surface area contributed by atoms with E-state index in [1.807, 2.05) is 0 Å². The maximum Gasteiger partial charge on any atom is 0.338 e. The summed E-state index contributed by atoms with van der Waals surface area (Å²) in [5, 5.41) is 0. The Morgan fingerprint density at radius 2 is 1.84 bits per heavy atom. The Kier molecular flexibility index (Phi) is 6.21. The first-order valence-corrected chi connectivity index (χ1v) is 10.3. The molecule has 1 amide bonds. The molecule has 0 radical (unpaired) electrons. The smallest absolute Gasteiger partial charge is 0.338 e. The van der Waals surface area contributed by atoms with Crippen molar-refractivity contribution in [1.29, 1.82) is 0 Å². The van der Waals surface area contributed by atoms with Gasteiger partial charge in [-0.1, -0.05) is 13.0 Å². The van der Waals surface area contributed by atoms with Crippen LogP contribution < -0.4 is 0 Å². The van der Waals surface area contributed by atoms with Gasteiger partial charge >= 0.3 is 5.97 Å². The number of ether oxygens (including phenoxy) is 1. The Bertz CT molecular complexity index is 736. The summed E-state index contributed by atoms with van der Waals surface area (Å²) in [6, 6.07) is 5.80. The molecule has 25 heavy (non-hydrogen) atoms. The van der Waals surface area contributed by atoms with Gasteiger partial charge in [0.25, 0.3) is 5.91 Å². The van der Waals surface area contributed by atoms with Crippen LogP contribution in [0.4, 0.5) is 0 Å². The Balaban J connectivity index is 1.92. The van der Waals surface area contributed by atoms with Gasteiger partial charge in [0, 0.05) is 19.3 Å². The molecular formula is C18H25NO5S. The zero-order valence-electron chi connectivity index (χ0n) is 14.9. The molecule has 0 spiro atoms. The average molecular weight is 367 g/mol. The van der Waals surface area contributed by atoms with Crippen LogP contribution in [0, 0.1) is 5.92 Å². The van der Waals surface area contributed by atoms with Crippen LogP contribution in [0.15, 0.2) is 29.2 Å². The van der Waals surface area contributed by atoms with Crippen molar-refractivity contribution in [3.63, 3.8) is 0 Å². The third-order valence-electron chi connectivity index (χ3n) is 4.75. The molecule has 0 atom stereocenters. The van der Waals surface area contributed by atoms with Crippen LogP contribution in [-0.4, -0.2) is 51.1 Å². The lowest BCUT2D eigenvalue weighted by molar-refractivity contribution is -0.136. The maximum atomic E-state index is 12.2. The molecule has 1 fully saturated rings. The molecule has 1 aliphatic rings. The van der Waals surface area contributed by atoms with Gasteiger partial charge in [0.1, 0.15) is 0 Å². The van der Waals surface area contributed by atoms with Crippen molar-refractivity contribution in [2.45, 2.75) is 43.5 Å². The van der Waals surface area contributed by atoms with Crippen LogP contribution in [0.5, 0.6) is 0 Å². The number of nitrogens with zero attached hydrogens (tertiary/aromatic N) is 1. The molecule has 6 nitrogen and oxygen atoms in total. The van der Waals surface area contributed by atoms with E-state index in [2.05, 4.69) is 6.92 Å². The number of likely N-dealkylation sites (N-methyl/N-ethyl adjacent to an activating group) is 1.